The van der Waals surface area contributed by atoms with Crippen molar-refractivity contribution in [2.24, 2.45) is 5.10 Å². The van der Waals surface area contributed by atoms with Crippen molar-refractivity contribution < 1.29 is 33.0 Å². The number of nitrogens with one attached hydrogen (secondary N) is 3. The molecular weight excluding hydrogens is 667 g/mol. The van der Waals surface area contributed by atoms with E-state index < -0.39 is 28.6 Å². The van der Waals surface area contributed by atoms with E-state index in [1.807, 2.05) is 17.0 Å². The van der Waals surface area contributed by atoms with Gasteiger partial charge in [-0.1, -0.05) is 45.7 Å². The molecule has 0 atom stereocenters. The van der Waals surface area contributed by atoms with Crippen LogP contribution in [0.5, 0.6) is 0 Å². The molecule has 0 saturated heterocycles. The number of benzene rings is 3. The molecule has 3 rings (SSSR count). The molecule has 2 amide bonds. The Labute approximate surface area is 266 Å². The summed E-state index contributed by atoms with van der Waals surface area (Å²) in [7, 11) is 0. The van der Waals surface area contributed by atoms with Crippen molar-refractivity contribution in [3.63, 3.8) is 0 Å². The molecule has 0 aromatic heterocycles. The minimum absolute atomic E-state index is 0.0426. The van der Waals surface area contributed by atoms with E-state index in [2.05, 4.69) is 37.1 Å². The molecular formula is C30H32BrClF3N5O4. The van der Waals surface area contributed by atoms with Crippen molar-refractivity contribution in [1.82, 2.24) is 15.6 Å². The zero-order chi connectivity index (χ0) is 32.1. The van der Waals surface area contributed by atoms with Crippen LogP contribution in [0.15, 0.2) is 70.2 Å². The zero-order valence-electron chi connectivity index (χ0n) is 23.5. The summed E-state index contributed by atoms with van der Waals surface area (Å²) >= 11 is 8.93. The van der Waals surface area contributed by atoms with E-state index in [9.17, 15) is 22.8 Å². The highest BCUT2D eigenvalue weighted by Gasteiger charge is 2.33. The topological polar surface area (TPSA) is 126 Å². The van der Waals surface area contributed by atoms with Crippen LogP contribution >= 0.6 is 27.5 Å². The summed E-state index contributed by atoms with van der Waals surface area (Å²) < 4.78 is 39.9. The van der Waals surface area contributed by atoms with Gasteiger partial charge in [0.1, 0.15) is 0 Å². The molecule has 236 valence electrons. The number of anilines is 1. The highest BCUT2D eigenvalue weighted by molar-refractivity contribution is 9.10. The number of hydrogen-bond acceptors (Lipinski definition) is 7. The number of carbonyl (C=O) groups excluding carboxylic acids is 2. The third kappa shape index (κ3) is 11.0. The third-order valence-electron chi connectivity index (χ3n) is 6.36. The Kier molecular flexibility index (Phi) is 13.8. The number of hydrogen-bond donors (Lipinski definition) is 5. The normalized spacial score (nSPS) is 11.7. The molecule has 0 aliphatic carbocycles. The van der Waals surface area contributed by atoms with Crippen LogP contribution in [-0.4, -0.2) is 72.5 Å². The van der Waals surface area contributed by atoms with E-state index in [0.717, 1.165) is 43.4 Å². The van der Waals surface area contributed by atoms with Crippen molar-refractivity contribution in [2.75, 3.05) is 44.7 Å². The minimum Gasteiger partial charge on any atom is -0.395 e. The van der Waals surface area contributed by atoms with Crippen LogP contribution < -0.4 is 16.1 Å². The fourth-order valence-corrected chi connectivity index (χ4v) is 4.71. The average molecular weight is 699 g/mol. The number of amides is 2. The molecule has 0 aliphatic rings. The molecule has 0 heterocycles. The summed E-state index contributed by atoms with van der Waals surface area (Å²) in [5.41, 5.74) is 2.94. The maximum Gasteiger partial charge on any atom is 0.417 e. The maximum absolute atomic E-state index is 13.1. The highest BCUT2D eigenvalue weighted by atomic mass is 79.9. The second kappa shape index (κ2) is 17.2. The number of aliphatic hydroxyl groups excluding tert-OH is 2. The van der Waals surface area contributed by atoms with Crippen molar-refractivity contribution in [3.05, 3.63) is 98.0 Å². The van der Waals surface area contributed by atoms with E-state index in [1.165, 1.54) is 18.2 Å². The van der Waals surface area contributed by atoms with Crippen LogP contribution in [0.25, 0.3) is 0 Å². The molecule has 3 aromatic carbocycles. The van der Waals surface area contributed by atoms with Gasteiger partial charge in [-0.05, 0) is 73.1 Å². The van der Waals surface area contributed by atoms with Crippen LogP contribution in [0.4, 0.5) is 18.9 Å². The van der Waals surface area contributed by atoms with E-state index in [1.54, 1.807) is 18.2 Å². The summed E-state index contributed by atoms with van der Waals surface area (Å²) in [6.07, 6.45) is -2.75. The van der Waals surface area contributed by atoms with Crippen molar-refractivity contribution in [2.45, 2.75) is 19.1 Å². The summed E-state index contributed by atoms with van der Waals surface area (Å²) in [5, 5.41) is 27.5. The summed E-state index contributed by atoms with van der Waals surface area (Å²) in [6.45, 7) is 3.20. The lowest BCUT2D eigenvalue weighted by atomic mass is 10.1. The van der Waals surface area contributed by atoms with E-state index in [-0.39, 0.29) is 30.0 Å². The van der Waals surface area contributed by atoms with Gasteiger partial charge in [-0.25, -0.2) is 5.43 Å². The van der Waals surface area contributed by atoms with Crippen LogP contribution in [-0.2, 0) is 12.7 Å². The molecule has 44 heavy (non-hydrogen) atoms. The van der Waals surface area contributed by atoms with Gasteiger partial charge in [0.15, 0.2) is 0 Å². The summed E-state index contributed by atoms with van der Waals surface area (Å²) in [6, 6.07) is 14.9. The molecule has 0 spiro atoms. The number of halogens is 5. The third-order valence-corrected chi connectivity index (χ3v) is 7.18. The molecule has 9 nitrogen and oxygen atoms in total. The summed E-state index contributed by atoms with van der Waals surface area (Å²) in [5.74, 6) is -1.14. The molecule has 3 aromatic rings. The van der Waals surface area contributed by atoms with E-state index >= 15 is 0 Å². The van der Waals surface area contributed by atoms with Crippen molar-refractivity contribution in [3.8, 4) is 0 Å². The Bertz CT molecular complexity index is 1440. The Morgan fingerprint density at radius 2 is 1.66 bits per heavy atom. The van der Waals surface area contributed by atoms with Gasteiger partial charge in [0.2, 0.25) is 0 Å². The minimum atomic E-state index is -4.64. The first kappa shape index (κ1) is 35.2. The number of aliphatic hydroxyl groups is 2. The first-order valence-electron chi connectivity index (χ1n) is 13.6. The molecule has 0 saturated carbocycles. The predicted molar refractivity (Wildman–Crippen MR) is 167 cm³/mol. The first-order chi connectivity index (χ1) is 21.0. The number of nitrogens with zero attached hydrogens (tertiary/aromatic N) is 2. The smallest absolute Gasteiger partial charge is 0.395 e. The van der Waals surface area contributed by atoms with Crippen molar-refractivity contribution in [1.29, 1.82) is 0 Å². The lowest BCUT2D eigenvalue weighted by Gasteiger charge is -2.19. The number of carbonyl (C=O) groups is 2. The maximum atomic E-state index is 13.1. The monoisotopic (exact) mass is 697 g/mol. The average Bonchev–Trinajstić information content (AvgIpc) is 2.98. The molecule has 0 unspecified atom stereocenters. The fourth-order valence-electron chi connectivity index (χ4n) is 4.13. The van der Waals surface area contributed by atoms with Gasteiger partial charge in [0.25, 0.3) is 11.8 Å². The molecule has 5 N–H and O–H groups in total. The quantitative estimate of drug-likeness (QED) is 0.0874. The molecule has 0 bridgehead atoms. The predicted octanol–water partition coefficient (Wildman–Crippen LogP) is 4.90. The molecule has 0 radical (unpaired) electrons. The molecule has 0 fully saturated rings. The Morgan fingerprint density at radius 3 is 2.32 bits per heavy atom. The number of alkyl halides is 3. The lowest BCUT2D eigenvalue weighted by Crippen LogP contribution is -2.32. The Morgan fingerprint density at radius 1 is 0.955 bits per heavy atom. The van der Waals surface area contributed by atoms with Gasteiger partial charge in [-0.3, -0.25) is 14.5 Å². The fraction of sp³-hybridized carbons (Fsp3) is 0.300. The number of rotatable bonds is 15. The van der Waals surface area contributed by atoms with Gasteiger partial charge >= 0.3 is 6.18 Å². The second-order valence-electron chi connectivity index (χ2n) is 9.60. The Balaban J connectivity index is 1.57. The van der Waals surface area contributed by atoms with Gasteiger partial charge in [-0.2, -0.15) is 18.3 Å². The second-order valence-corrected chi connectivity index (χ2v) is 10.9. The highest BCUT2D eigenvalue weighted by Crippen LogP contribution is 2.34. The van der Waals surface area contributed by atoms with Crippen molar-refractivity contribution >= 4 is 51.2 Å². The first-order valence-corrected chi connectivity index (χ1v) is 14.7. The SMILES string of the molecule is O=C(Nc1ccc(Br)cc1C(=O)N/N=C/c1ccc(Cl)c(C(F)(F)F)c1)c1ccc(CNCCCN(CCO)CCO)cc1. The molecule has 14 heteroatoms. The largest absolute Gasteiger partial charge is 0.417 e. The van der Waals surface area contributed by atoms with Gasteiger partial charge < -0.3 is 20.8 Å². The van der Waals surface area contributed by atoms with E-state index in [4.69, 9.17) is 21.8 Å². The van der Waals surface area contributed by atoms with Crippen LogP contribution in [0, 0.1) is 0 Å². The summed E-state index contributed by atoms with van der Waals surface area (Å²) in [4.78, 5) is 27.8. The van der Waals surface area contributed by atoms with Crippen LogP contribution in [0.2, 0.25) is 5.02 Å². The number of hydrazone groups is 1. The van der Waals surface area contributed by atoms with Gasteiger partial charge in [0, 0.05) is 29.7 Å². The van der Waals surface area contributed by atoms with E-state index in [0.29, 0.717) is 29.7 Å². The zero-order valence-corrected chi connectivity index (χ0v) is 25.8. The standard InChI is InChI=1S/C30H32BrClF3N5O4/c31-23-7-9-27(24(17-23)29(44)39-37-19-21-4-8-26(32)25(16-21)30(33,34)35)38-28(43)22-5-2-20(3-6-22)18-36-10-1-11-40(12-14-41)13-15-42/h2-9,16-17,19,36,41-42H,1,10-15,18H2,(H,38,43)(H,39,44)/b37-19+. The Hall–Kier alpha value is -3.33. The van der Waals surface area contributed by atoms with Gasteiger partial charge in [0.05, 0.1) is 41.3 Å². The van der Waals surface area contributed by atoms with Gasteiger partial charge in [-0.15, -0.1) is 0 Å². The van der Waals surface area contributed by atoms with Crippen LogP contribution in [0.1, 0.15) is 43.8 Å². The molecule has 0 aliphatic heterocycles. The lowest BCUT2D eigenvalue weighted by molar-refractivity contribution is -0.137. The van der Waals surface area contributed by atoms with Crippen LogP contribution in [0.3, 0.4) is 0 Å².